The van der Waals surface area contributed by atoms with E-state index < -0.39 is 44.6 Å². The van der Waals surface area contributed by atoms with Gasteiger partial charge in [0.05, 0.1) is 0 Å². The number of hydrogen-bond donors (Lipinski definition) is 1. The minimum atomic E-state index is -4.76. The molecule has 0 bridgehead atoms. The van der Waals surface area contributed by atoms with E-state index in [4.69, 9.17) is 4.89 Å². The molecule has 0 radical (unpaired) electrons. The molecule has 1 N–H and O–H groups in total. The van der Waals surface area contributed by atoms with Gasteiger partial charge in [0.25, 0.3) is 0 Å². The molecule has 19 heavy (non-hydrogen) atoms. The summed E-state index contributed by atoms with van der Waals surface area (Å²) in [4.78, 5) is 8.93. The van der Waals surface area contributed by atoms with Crippen LogP contribution in [0.4, 0.5) is 35.1 Å². The van der Waals surface area contributed by atoms with Crippen LogP contribution >= 0.6 is 6.72 Å². The Labute approximate surface area is 106 Å². The van der Waals surface area contributed by atoms with Crippen molar-refractivity contribution >= 4 is 18.5 Å². The Balaban J connectivity index is 4.39. The van der Waals surface area contributed by atoms with Crippen LogP contribution in [0.1, 0.15) is 0 Å². The third kappa shape index (κ3) is 6.80. The summed E-state index contributed by atoms with van der Waals surface area (Å²) >= 11 is 3.92. The Morgan fingerprint density at radius 2 is 1.16 bits per heavy atom. The van der Waals surface area contributed by atoms with Crippen LogP contribution in [-0.4, -0.2) is 42.8 Å². The zero-order valence-electron chi connectivity index (χ0n) is 8.71. The predicted octanol–water partition coefficient (Wildman–Crippen LogP) is 3.04. The summed E-state index contributed by atoms with van der Waals surface area (Å²) in [6, 6.07) is 0. The van der Waals surface area contributed by atoms with E-state index in [2.05, 4.69) is 20.9 Å². The van der Waals surface area contributed by atoms with E-state index in [0.717, 1.165) is 0 Å². The second-order valence-corrected chi connectivity index (χ2v) is 5.98. The van der Waals surface area contributed by atoms with Gasteiger partial charge in [-0.3, -0.25) is 0 Å². The molecule has 0 aliphatic rings. The van der Waals surface area contributed by atoms with Crippen molar-refractivity contribution in [3.05, 3.63) is 0 Å². The predicted molar refractivity (Wildman–Crippen MR) is 50.3 cm³/mol. The van der Waals surface area contributed by atoms with Crippen LogP contribution in [0.3, 0.4) is 0 Å². The lowest BCUT2D eigenvalue weighted by Gasteiger charge is -2.22. The molecule has 3 nitrogen and oxygen atoms in total. The fourth-order valence-electron chi connectivity index (χ4n) is 0.499. The molecule has 0 fully saturated rings. The zero-order valence-corrected chi connectivity index (χ0v) is 10.4. The summed E-state index contributed by atoms with van der Waals surface area (Å²) in [5, 5.41) is 0. The van der Waals surface area contributed by atoms with Crippen molar-refractivity contribution in [3.8, 4) is 0 Å². The minimum absolute atomic E-state index is 2.10. The van der Waals surface area contributed by atoms with Crippen molar-refractivity contribution in [2.45, 2.75) is 24.7 Å². The molecule has 0 saturated heterocycles. The summed E-state index contributed by atoms with van der Waals surface area (Å²) < 4.78 is 103. The zero-order chi connectivity index (χ0) is 15.5. The lowest BCUT2D eigenvalue weighted by molar-refractivity contribution is -0.159. The smallest absolute Gasteiger partial charge is 0.324 e. The standard InChI is InChI=1S/C6H7F8O3PS/c7-3(8)5(11,12)1-16-18(15,19)17-2-6(13,14)4(9)10/h3-4H,1-2H2,(H,15,19). The van der Waals surface area contributed by atoms with Gasteiger partial charge in [-0.15, -0.1) is 0 Å². The average molecular weight is 342 g/mol. The third-order valence-corrected chi connectivity index (χ3v) is 3.02. The molecule has 0 saturated carbocycles. The molecular formula is C6H7F8O3PS. The van der Waals surface area contributed by atoms with Crippen LogP contribution in [0.15, 0.2) is 0 Å². The molecule has 0 rings (SSSR count). The van der Waals surface area contributed by atoms with Crippen LogP contribution in [0.25, 0.3) is 0 Å². The normalized spacial score (nSPS) is 14.5. The molecule has 13 heteroatoms. The van der Waals surface area contributed by atoms with E-state index >= 15 is 0 Å². The van der Waals surface area contributed by atoms with Crippen molar-refractivity contribution in [2.24, 2.45) is 0 Å². The molecule has 0 aromatic heterocycles. The van der Waals surface area contributed by atoms with Crippen LogP contribution < -0.4 is 0 Å². The van der Waals surface area contributed by atoms with E-state index in [1.807, 2.05) is 0 Å². The highest BCUT2D eigenvalue weighted by Crippen LogP contribution is 2.46. The van der Waals surface area contributed by atoms with Gasteiger partial charge in [0.2, 0.25) is 0 Å². The highest BCUT2D eigenvalue weighted by Gasteiger charge is 2.45. The first-order valence-corrected chi connectivity index (χ1v) is 6.83. The molecule has 0 aliphatic carbocycles. The summed E-state index contributed by atoms with van der Waals surface area (Å²) in [5.74, 6) is -9.39. The molecule has 0 atom stereocenters. The summed E-state index contributed by atoms with van der Waals surface area (Å²) in [6.07, 6.45) is -8.30. The monoisotopic (exact) mass is 342 g/mol. The first-order valence-electron chi connectivity index (χ1n) is 4.24. The summed E-state index contributed by atoms with van der Waals surface area (Å²) in [5.41, 5.74) is 0. The molecule has 0 heterocycles. The maximum absolute atomic E-state index is 12.3. The highest BCUT2D eigenvalue weighted by atomic mass is 32.5. The quantitative estimate of drug-likeness (QED) is 0.544. The Morgan fingerprint density at radius 1 is 0.895 bits per heavy atom. The SMILES string of the molecule is OP(=S)(OCC(F)(F)C(F)F)OCC(F)(F)C(F)F. The van der Waals surface area contributed by atoms with Crippen LogP contribution in [0.2, 0.25) is 0 Å². The molecule has 0 spiro atoms. The van der Waals surface area contributed by atoms with E-state index in [0.29, 0.717) is 0 Å². The van der Waals surface area contributed by atoms with E-state index in [1.165, 1.54) is 0 Å². The maximum Gasteiger partial charge on any atom is 0.330 e. The fourth-order valence-corrected chi connectivity index (χ4v) is 1.56. The Kier molecular flexibility index (Phi) is 6.60. The van der Waals surface area contributed by atoms with Crippen LogP contribution in [0.5, 0.6) is 0 Å². The lowest BCUT2D eigenvalue weighted by Crippen LogP contribution is -2.33. The Hall–Kier alpha value is -0.0300. The molecule has 116 valence electrons. The van der Waals surface area contributed by atoms with Gasteiger partial charge in [-0.25, -0.2) is 17.6 Å². The number of halogens is 8. The average Bonchev–Trinajstić information content (AvgIpc) is 2.24. The van der Waals surface area contributed by atoms with Crippen molar-refractivity contribution in [3.63, 3.8) is 0 Å². The van der Waals surface area contributed by atoms with Gasteiger partial charge in [0.15, 0.2) is 0 Å². The Morgan fingerprint density at radius 3 is 1.37 bits per heavy atom. The van der Waals surface area contributed by atoms with Gasteiger partial charge in [0.1, 0.15) is 13.2 Å². The molecule has 0 unspecified atom stereocenters. The second kappa shape index (κ2) is 6.61. The second-order valence-electron chi connectivity index (χ2n) is 3.14. The van der Waals surface area contributed by atoms with Gasteiger partial charge in [-0.2, -0.15) is 17.6 Å². The number of hydrogen-bond acceptors (Lipinski definition) is 3. The topological polar surface area (TPSA) is 38.7 Å². The minimum Gasteiger partial charge on any atom is -0.324 e. The first-order chi connectivity index (χ1) is 8.30. The maximum atomic E-state index is 12.3. The molecule has 0 aromatic rings. The van der Waals surface area contributed by atoms with Crippen molar-refractivity contribution in [2.75, 3.05) is 13.2 Å². The van der Waals surface area contributed by atoms with E-state index in [-0.39, 0.29) is 0 Å². The summed E-state index contributed by atoms with van der Waals surface area (Å²) in [7, 11) is 0. The highest BCUT2D eigenvalue weighted by molar-refractivity contribution is 8.07. The molecule has 0 aliphatic heterocycles. The molecule has 0 aromatic carbocycles. The molecular weight excluding hydrogens is 335 g/mol. The van der Waals surface area contributed by atoms with Gasteiger partial charge in [-0.1, -0.05) is 0 Å². The van der Waals surface area contributed by atoms with Gasteiger partial charge < -0.3 is 13.9 Å². The van der Waals surface area contributed by atoms with Gasteiger partial charge in [0, 0.05) is 0 Å². The van der Waals surface area contributed by atoms with E-state index in [1.54, 1.807) is 0 Å². The lowest BCUT2D eigenvalue weighted by atomic mass is 10.4. The third-order valence-electron chi connectivity index (χ3n) is 1.48. The Bertz CT molecular complexity index is 310. The van der Waals surface area contributed by atoms with E-state index in [9.17, 15) is 35.1 Å². The van der Waals surface area contributed by atoms with Crippen LogP contribution in [-0.2, 0) is 20.9 Å². The van der Waals surface area contributed by atoms with Crippen molar-refractivity contribution in [1.82, 2.24) is 0 Å². The van der Waals surface area contributed by atoms with Crippen molar-refractivity contribution in [1.29, 1.82) is 0 Å². The summed E-state index contributed by atoms with van der Waals surface area (Å²) in [6.45, 7) is -8.96. The fraction of sp³-hybridized carbons (Fsp3) is 1.00. The number of rotatable bonds is 8. The largest absolute Gasteiger partial charge is 0.330 e. The number of alkyl halides is 8. The van der Waals surface area contributed by atoms with Gasteiger partial charge >= 0.3 is 31.4 Å². The van der Waals surface area contributed by atoms with Crippen LogP contribution in [0, 0.1) is 0 Å². The van der Waals surface area contributed by atoms with Crippen molar-refractivity contribution < 1.29 is 49.1 Å². The molecule has 0 amide bonds. The van der Waals surface area contributed by atoms with Gasteiger partial charge in [-0.05, 0) is 11.8 Å². The first kappa shape index (κ1) is 19.0.